The highest BCUT2D eigenvalue weighted by Crippen LogP contribution is 2.30. The quantitative estimate of drug-likeness (QED) is 0.855. The second-order valence-corrected chi connectivity index (χ2v) is 4.96. The molecule has 0 radical (unpaired) electrons. The van der Waals surface area contributed by atoms with Crippen LogP contribution in [0.15, 0.2) is 24.3 Å². The predicted octanol–water partition coefficient (Wildman–Crippen LogP) is 1.53. The van der Waals surface area contributed by atoms with Gasteiger partial charge >= 0.3 is 5.97 Å². The zero-order chi connectivity index (χ0) is 12.3. The molecule has 1 aromatic carbocycles. The van der Waals surface area contributed by atoms with Gasteiger partial charge in [-0.05, 0) is 6.07 Å². The third-order valence-corrected chi connectivity index (χ3v) is 3.92. The molecule has 0 saturated carbocycles. The van der Waals surface area contributed by atoms with Crippen LogP contribution in [0.4, 0.5) is 0 Å². The van der Waals surface area contributed by atoms with E-state index in [0.29, 0.717) is 5.75 Å². The van der Waals surface area contributed by atoms with Crippen LogP contribution in [0.5, 0.6) is 5.75 Å². The molecular formula is C12H15NO3S. The van der Waals surface area contributed by atoms with Crippen LogP contribution < -0.4 is 10.1 Å². The number of carboxylic acids is 1. The van der Waals surface area contributed by atoms with Crippen molar-refractivity contribution < 1.29 is 14.6 Å². The first-order valence-electron chi connectivity index (χ1n) is 5.42. The summed E-state index contributed by atoms with van der Waals surface area (Å²) >= 11 is 1.65. The van der Waals surface area contributed by atoms with Crippen LogP contribution >= 0.6 is 11.8 Å². The number of rotatable bonds is 3. The number of carbonyl (C=O) groups is 1. The first kappa shape index (κ1) is 12.3. The van der Waals surface area contributed by atoms with Crippen LogP contribution in [0.25, 0.3) is 0 Å². The Balaban J connectivity index is 2.18. The lowest BCUT2D eigenvalue weighted by molar-refractivity contribution is -0.139. The molecule has 0 amide bonds. The Morgan fingerprint density at radius 2 is 2.24 bits per heavy atom. The van der Waals surface area contributed by atoms with Gasteiger partial charge in [-0.25, -0.2) is 0 Å². The molecule has 2 N–H and O–H groups in total. The summed E-state index contributed by atoms with van der Waals surface area (Å²) in [4.78, 5) is 11.0. The average molecular weight is 253 g/mol. The van der Waals surface area contributed by atoms with E-state index in [-0.39, 0.29) is 6.04 Å². The summed E-state index contributed by atoms with van der Waals surface area (Å²) in [5, 5.41) is 12.2. The number of hydrogen-bond acceptors (Lipinski definition) is 4. The Morgan fingerprint density at radius 1 is 1.47 bits per heavy atom. The zero-order valence-corrected chi connectivity index (χ0v) is 10.4. The molecular weight excluding hydrogens is 238 g/mol. The van der Waals surface area contributed by atoms with Crippen molar-refractivity contribution in [3.05, 3.63) is 29.8 Å². The topological polar surface area (TPSA) is 58.6 Å². The molecule has 1 saturated heterocycles. The van der Waals surface area contributed by atoms with Crippen molar-refractivity contribution >= 4 is 17.7 Å². The van der Waals surface area contributed by atoms with Crippen LogP contribution in [-0.2, 0) is 4.79 Å². The first-order chi connectivity index (χ1) is 8.22. The van der Waals surface area contributed by atoms with Gasteiger partial charge in [-0.2, -0.15) is 11.8 Å². The van der Waals surface area contributed by atoms with Gasteiger partial charge in [0.1, 0.15) is 11.8 Å². The average Bonchev–Trinajstić information content (AvgIpc) is 2.39. The van der Waals surface area contributed by atoms with Gasteiger partial charge in [0, 0.05) is 23.1 Å². The highest BCUT2D eigenvalue weighted by Gasteiger charge is 2.28. The molecule has 2 unspecified atom stereocenters. The number of aliphatic carboxylic acids is 1. The summed E-state index contributed by atoms with van der Waals surface area (Å²) in [6.45, 7) is 0. The first-order valence-corrected chi connectivity index (χ1v) is 6.57. The van der Waals surface area contributed by atoms with E-state index in [2.05, 4.69) is 5.32 Å². The van der Waals surface area contributed by atoms with Crippen molar-refractivity contribution in [3.8, 4) is 5.75 Å². The largest absolute Gasteiger partial charge is 0.496 e. The molecule has 0 aromatic heterocycles. The van der Waals surface area contributed by atoms with Gasteiger partial charge < -0.3 is 9.84 Å². The zero-order valence-electron chi connectivity index (χ0n) is 9.55. The van der Waals surface area contributed by atoms with Gasteiger partial charge in [0.2, 0.25) is 0 Å². The van der Waals surface area contributed by atoms with Crippen molar-refractivity contribution in [3.63, 3.8) is 0 Å². The van der Waals surface area contributed by atoms with Gasteiger partial charge in [0.05, 0.1) is 7.11 Å². The molecule has 1 aliphatic heterocycles. The van der Waals surface area contributed by atoms with E-state index in [1.807, 2.05) is 24.3 Å². The lowest BCUT2D eigenvalue weighted by Gasteiger charge is -2.29. The molecule has 92 valence electrons. The summed E-state index contributed by atoms with van der Waals surface area (Å²) < 4.78 is 5.30. The minimum Gasteiger partial charge on any atom is -0.496 e. The Hall–Kier alpha value is -1.20. The monoisotopic (exact) mass is 253 g/mol. The molecule has 2 rings (SSSR count). The highest BCUT2D eigenvalue weighted by atomic mass is 32.2. The Labute approximate surface area is 104 Å². The van der Waals surface area contributed by atoms with E-state index >= 15 is 0 Å². The summed E-state index contributed by atoms with van der Waals surface area (Å²) in [5.74, 6) is 1.49. The summed E-state index contributed by atoms with van der Waals surface area (Å²) in [5.41, 5.74) is 1.02. The molecule has 1 aliphatic rings. The maximum Gasteiger partial charge on any atom is 0.321 e. The molecule has 0 spiro atoms. The van der Waals surface area contributed by atoms with Crippen molar-refractivity contribution in [1.82, 2.24) is 5.32 Å². The fourth-order valence-electron chi connectivity index (χ4n) is 1.92. The molecule has 5 heteroatoms. The number of nitrogens with one attached hydrogen (secondary N) is 1. The molecule has 1 heterocycles. The van der Waals surface area contributed by atoms with E-state index in [4.69, 9.17) is 9.84 Å². The number of methoxy groups -OCH3 is 1. The van der Waals surface area contributed by atoms with Crippen molar-refractivity contribution in [2.75, 3.05) is 18.6 Å². The van der Waals surface area contributed by atoms with Crippen molar-refractivity contribution in [1.29, 1.82) is 0 Å². The second-order valence-electron chi connectivity index (χ2n) is 3.89. The summed E-state index contributed by atoms with van der Waals surface area (Å²) in [6, 6.07) is 7.27. The number of benzene rings is 1. The molecule has 2 atom stereocenters. The van der Waals surface area contributed by atoms with Gasteiger partial charge in [-0.3, -0.25) is 10.1 Å². The third kappa shape index (κ3) is 2.73. The van der Waals surface area contributed by atoms with Crippen LogP contribution in [0, 0.1) is 0 Å². The fraction of sp³-hybridized carbons (Fsp3) is 0.417. The minimum atomic E-state index is -0.794. The number of carboxylic acid groups (broad SMARTS) is 1. The minimum absolute atomic E-state index is 0.0333. The molecule has 4 nitrogen and oxygen atoms in total. The molecule has 1 fully saturated rings. The predicted molar refractivity (Wildman–Crippen MR) is 67.6 cm³/mol. The molecule has 17 heavy (non-hydrogen) atoms. The third-order valence-electron chi connectivity index (χ3n) is 2.78. The normalized spacial score (nSPS) is 24.3. The van der Waals surface area contributed by atoms with E-state index in [9.17, 15) is 4.79 Å². The van der Waals surface area contributed by atoms with Crippen molar-refractivity contribution in [2.24, 2.45) is 0 Å². The number of thioether (sulfide) groups is 1. The second kappa shape index (κ2) is 5.42. The fourth-order valence-corrected chi connectivity index (χ4v) is 3.04. The van der Waals surface area contributed by atoms with Gasteiger partial charge in [0.25, 0.3) is 0 Å². The maximum absolute atomic E-state index is 11.0. The Bertz CT molecular complexity index is 410. The lowest BCUT2D eigenvalue weighted by atomic mass is 10.1. The molecule has 1 aromatic rings. The van der Waals surface area contributed by atoms with Crippen LogP contribution in [0.1, 0.15) is 11.6 Å². The molecule has 0 aliphatic carbocycles. The Morgan fingerprint density at radius 3 is 2.94 bits per heavy atom. The standard InChI is InChI=1S/C12H15NO3S/c1-16-11-5-3-2-4-8(11)9-6-17-7-10(13-9)12(14)15/h2-5,9-10,13H,6-7H2,1H3,(H,14,15). The number of para-hydroxylation sites is 1. The SMILES string of the molecule is COc1ccccc1C1CSCC(C(=O)O)N1. The molecule has 0 bridgehead atoms. The number of ether oxygens (including phenoxy) is 1. The van der Waals surface area contributed by atoms with E-state index in [1.54, 1.807) is 18.9 Å². The van der Waals surface area contributed by atoms with Crippen LogP contribution in [-0.4, -0.2) is 35.7 Å². The van der Waals surface area contributed by atoms with Crippen LogP contribution in [0.3, 0.4) is 0 Å². The number of hydrogen-bond donors (Lipinski definition) is 2. The Kier molecular flexibility index (Phi) is 3.91. The highest BCUT2D eigenvalue weighted by molar-refractivity contribution is 7.99. The van der Waals surface area contributed by atoms with Gasteiger partial charge in [0.15, 0.2) is 0 Å². The van der Waals surface area contributed by atoms with E-state index < -0.39 is 12.0 Å². The van der Waals surface area contributed by atoms with Gasteiger partial charge in [-0.1, -0.05) is 18.2 Å². The van der Waals surface area contributed by atoms with Crippen LogP contribution in [0.2, 0.25) is 0 Å². The smallest absolute Gasteiger partial charge is 0.321 e. The van der Waals surface area contributed by atoms with E-state index in [1.165, 1.54) is 0 Å². The lowest BCUT2D eigenvalue weighted by Crippen LogP contribution is -2.45. The maximum atomic E-state index is 11.0. The van der Waals surface area contributed by atoms with Gasteiger partial charge in [-0.15, -0.1) is 0 Å². The summed E-state index contributed by atoms with van der Waals surface area (Å²) in [6.07, 6.45) is 0. The van der Waals surface area contributed by atoms with Crippen molar-refractivity contribution in [2.45, 2.75) is 12.1 Å². The van der Waals surface area contributed by atoms with E-state index in [0.717, 1.165) is 17.1 Å². The summed E-state index contributed by atoms with van der Waals surface area (Å²) in [7, 11) is 1.63.